The second-order valence-electron chi connectivity index (χ2n) is 7.92. The van der Waals surface area contributed by atoms with Crippen molar-refractivity contribution >= 4 is 5.90 Å². The van der Waals surface area contributed by atoms with Gasteiger partial charge in [-0.25, -0.2) is 4.99 Å². The molecule has 0 fully saturated rings. The first-order chi connectivity index (χ1) is 11.9. The highest BCUT2D eigenvalue weighted by molar-refractivity contribution is 5.87. The van der Waals surface area contributed by atoms with Crippen LogP contribution in [0.25, 0.3) is 0 Å². The zero-order valence-corrected chi connectivity index (χ0v) is 16.0. The van der Waals surface area contributed by atoms with Gasteiger partial charge in [-0.15, -0.1) is 0 Å². The Morgan fingerprint density at radius 3 is 2.52 bits per heavy atom. The van der Waals surface area contributed by atoms with E-state index in [0.29, 0.717) is 5.92 Å². The van der Waals surface area contributed by atoms with Crippen molar-refractivity contribution in [1.29, 1.82) is 0 Å². The van der Waals surface area contributed by atoms with Crippen LogP contribution in [0.1, 0.15) is 52.2 Å². The lowest BCUT2D eigenvalue weighted by molar-refractivity contribution is -0.0575. The topological polar surface area (TPSA) is 30.8 Å². The summed E-state index contributed by atoms with van der Waals surface area (Å²) in [6.45, 7) is 8.68. The maximum absolute atomic E-state index is 6.36. The average Bonchev–Trinajstić information content (AvgIpc) is 2.97. The molecule has 1 aromatic carbocycles. The first kappa shape index (κ1) is 17.9. The Labute approximate surface area is 151 Å². The van der Waals surface area contributed by atoms with Crippen LogP contribution in [-0.2, 0) is 9.47 Å². The summed E-state index contributed by atoms with van der Waals surface area (Å²) in [6.07, 6.45) is 8.60. The fourth-order valence-electron chi connectivity index (χ4n) is 3.48. The molecule has 1 aliphatic carbocycles. The van der Waals surface area contributed by atoms with Crippen LogP contribution in [0.15, 0.2) is 59.1 Å². The summed E-state index contributed by atoms with van der Waals surface area (Å²) < 4.78 is 12.1. The Morgan fingerprint density at radius 1 is 1.24 bits per heavy atom. The highest BCUT2D eigenvalue weighted by Gasteiger charge is 2.48. The standard InChI is InChI=1S/C22H29NO2/c1-16(2)15-17-11-13-21(3,14-12-17)20-23-22(4,24-5)19(25-20)18-9-7-6-8-10-18/h6-13,16,19H,14-15H2,1-5H3. The van der Waals surface area contributed by atoms with Crippen molar-refractivity contribution in [2.75, 3.05) is 7.11 Å². The van der Waals surface area contributed by atoms with Crippen LogP contribution >= 0.6 is 0 Å². The molecule has 0 saturated carbocycles. The van der Waals surface area contributed by atoms with E-state index in [1.54, 1.807) is 7.11 Å². The van der Waals surface area contributed by atoms with Gasteiger partial charge in [-0.3, -0.25) is 0 Å². The third kappa shape index (κ3) is 3.57. The first-order valence-corrected chi connectivity index (χ1v) is 9.12. The van der Waals surface area contributed by atoms with E-state index in [-0.39, 0.29) is 11.5 Å². The number of benzene rings is 1. The van der Waals surface area contributed by atoms with Gasteiger partial charge < -0.3 is 9.47 Å². The van der Waals surface area contributed by atoms with Crippen molar-refractivity contribution < 1.29 is 9.47 Å². The molecule has 0 radical (unpaired) electrons. The molecule has 3 heteroatoms. The van der Waals surface area contributed by atoms with Crippen LogP contribution in [0.5, 0.6) is 0 Å². The fraction of sp³-hybridized carbons (Fsp3) is 0.500. The number of allylic oxidation sites excluding steroid dienone is 3. The summed E-state index contributed by atoms with van der Waals surface area (Å²) in [4.78, 5) is 4.87. The lowest BCUT2D eigenvalue weighted by atomic mass is 9.80. The maximum atomic E-state index is 6.36. The summed E-state index contributed by atoms with van der Waals surface area (Å²) in [5, 5.41) is 0. The van der Waals surface area contributed by atoms with Crippen LogP contribution in [0, 0.1) is 11.3 Å². The minimum atomic E-state index is -0.699. The third-order valence-corrected chi connectivity index (χ3v) is 5.14. The van der Waals surface area contributed by atoms with Crippen LogP contribution in [0.4, 0.5) is 0 Å². The zero-order valence-electron chi connectivity index (χ0n) is 16.0. The van der Waals surface area contributed by atoms with Crippen LogP contribution < -0.4 is 0 Å². The van der Waals surface area contributed by atoms with E-state index in [4.69, 9.17) is 14.5 Å². The van der Waals surface area contributed by atoms with Gasteiger partial charge in [0.05, 0.1) is 5.41 Å². The summed E-state index contributed by atoms with van der Waals surface area (Å²) in [5.74, 6) is 1.43. The predicted octanol–water partition coefficient (Wildman–Crippen LogP) is 5.46. The van der Waals surface area contributed by atoms with Crippen molar-refractivity contribution in [2.24, 2.45) is 16.3 Å². The van der Waals surface area contributed by atoms with Gasteiger partial charge in [-0.05, 0) is 38.2 Å². The predicted molar refractivity (Wildman–Crippen MR) is 103 cm³/mol. The Morgan fingerprint density at radius 2 is 1.96 bits per heavy atom. The summed E-state index contributed by atoms with van der Waals surface area (Å²) in [6, 6.07) is 10.2. The molecule has 2 aliphatic rings. The molecule has 3 nitrogen and oxygen atoms in total. The summed E-state index contributed by atoms with van der Waals surface area (Å²) in [7, 11) is 1.70. The second-order valence-corrected chi connectivity index (χ2v) is 7.92. The molecule has 25 heavy (non-hydrogen) atoms. The van der Waals surface area contributed by atoms with E-state index in [1.165, 1.54) is 5.57 Å². The van der Waals surface area contributed by atoms with Gasteiger partial charge in [0, 0.05) is 7.11 Å². The van der Waals surface area contributed by atoms with Gasteiger partial charge in [0.15, 0.2) is 12.0 Å². The molecule has 0 bridgehead atoms. The second kappa shape index (κ2) is 6.80. The molecule has 3 rings (SSSR count). The molecule has 0 amide bonds. The van der Waals surface area contributed by atoms with Crippen LogP contribution in [0.3, 0.4) is 0 Å². The minimum absolute atomic E-state index is 0.218. The van der Waals surface area contributed by atoms with Gasteiger partial charge in [0.2, 0.25) is 5.72 Å². The number of hydrogen-bond donors (Lipinski definition) is 0. The molecule has 0 spiro atoms. The van der Waals surface area contributed by atoms with E-state index >= 15 is 0 Å². The van der Waals surface area contributed by atoms with E-state index in [9.17, 15) is 0 Å². The smallest absolute Gasteiger partial charge is 0.200 e. The number of methoxy groups -OCH3 is 1. The Bertz CT molecular complexity index is 704. The number of ether oxygens (including phenoxy) is 2. The number of aliphatic imine (C=N–C) groups is 1. The average molecular weight is 339 g/mol. The molecular formula is C22H29NO2. The molecule has 1 aromatic rings. The number of nitrogens with zero attached hydrogens (tertiary/aromatic N) is 1. The largest absolute Gasteiger partial charge is 0.467 e. The van der Waals surface area contributed by atoms with E-state index in [2.05, 4.69) is 51.1 Å². The molecule has 3 atom stereocenters. The monoisotopic (exact) mass is 339 g/mol. The SMILES string of the molecule is COC1(C)N=C(C2(C)C=CC(CC(C)C)=CC2)OC1c1ccccc1. The lowest BCUT2D eigenvalue weighted by Gasteiger charge is -2.29. The van der Waals surface area contributed by atoms with Gasteiger partial charge in [0.1, 0.15) is 0 Å². The van der Waals surface area contributed by atoms with E-state index < -0.39 is 5.72 Å². The van der Waals surface area contributed by atoms with Gasteiger partial charge in [0.25, 0.3) is 0 Å². The lowest BCUT2D eigenvalue weighted by Crippen LogP contribution is -2.30. The molecule has 0 N–H and O–H groups in total. The molecular weight excluding hydrogens is 310 g/mol. The van der Waals surface area contributed by atoms with Crippen molar-refractivity contribution in [3.8, 4) is 0 Å². The van der Waals surface area contributed by atoms with E-state index in [1.807, 2.05) is 25.1 Å². The molecule has 134 valence electrons. The van der Waals surface area contributed by atoms with Crippen molar-refractivity contribution in [3.05, 3.63) is 59.7 Å². The van der Waals surface area contributed by atoms with Gasteiger partial charge in [-0.1, -0.05) is 68.0 Å². The molecule has 1 aliphatic heterocycles. The van der Waals surface area contributed by atoms with Crippen molar-refractivity contribution in [2.45, 2.75) is 52.4 Å². The summed E-state index contributed by atoms with van der Waals surface area (Å²) >= 11 is 0. The van der Waals surface area contributed by atoms with E-state index in [0.717, 1.165) is 24.3 Å². The highest BCUT2D eigenvalue weighted by Crippen LogP contribution is 2.44. The molecule has 1 heterocycles. The van der Waals surface area contributed by atoms with Gasteiger partial charge >= 0.3 is 0 Å². The Balaban J connectivity index is 1.83. The zero-order chi connectivity index (χ0) is 18.1. The third-order valence-electron chi connectivity index (χ3n) is 5.14. The fourth-order valence-corrected chi connectivity index (χ4v) is 3.48. The highest BCUT2D eigenvalue weighted by atomic mass is 16.6. The first-order valence-electron chi connectivity index (χ1n) is 9.12. The van der Waals surface area contributed by atoms with Crippen LogP contribution in [0.2, 0.25) is 0 Å². The quantitative estimate of drug-likeness (QED) is 0.713. The Hall–Kier alpha value is -1.87. The molecule has 0 saturated heterocycles. The van der Waals surface area contributed by atoms with Gasteiger partial charge in [-0.2, -0.15) is 0 Å². The maximum Gasteiger partial charge on any atom is 0.200 e. The Kier molecular flexibility index (Phi) is 4.88. The van der Waals surface area contributed by atoms with Crippen LogP contribution in [-0.4, -0.2) is 18.7 Å². The molecule has 0 aromatic heterocycles. The normalized spacial score (nSPS) is 31.7. The summed E-state index contributed by atoms with van der Waals surface area (Å²) in [5.41, 5.74) is 1.57. The van der Waals surface area contributed by atoms with Crippen molar-refractivity contribution in [1.82, 2.24) is 0 Å². The number of rotatable bonds is 5. The van der Waals surface area contributed by atoms with Crippen molar-refractivity contribution in [3.63, 3.8) is 0 Å². The molecule has 3 unspecified atom stereocenters. The minimum Gasteiger partial charge on any atom is -0.467 e. The number of hydrogen-bond acceptors (Lipinski definition) is 3.